The van der Waals surface area contributed by atoms with E-state index in [1.54, 1.807) is 20.8 Å². The third kappa shape index (κ3) is 10.4. The van der Waals surface area contributed by atoms with Gasteiger partial charge in [0.1, 0.15) is 13.2 Å². The van der Waals surface area contributed by atoms with Crippen LogP contribution in [0.15, 0.2) is 0 Å². The second kappa shape index (κ2) is 12.2. The smallest absolute Gasteiger partial charge is 0.464 e. The molecule has 0 bridgehead atoms. The van der Waals surface area contributed by atoms with E-state index in [0.29, 0.717) is 0 Å². The molecule has 0 saturated heterocycles. The molecule has 2 unspecified atom stereocenters. The van der Waals surface area contributed by atoms with Crippen LogP contribution >= 0.6 is 12.0 Å². The van der Waals surface area contributed by atoms with Crippen molar-refractivity contribution in [2.75, 3.05) is 19.8 Å². The third-order valence-electron chi connectivity index (χ3n) is 4.22. The predicted octanol–water partition coefficient (Wildman–Crippen LogP) is 2.80. The number of halogens is 3. The molecule has 184 valence electrons. The molecule has 0 aliphatic heterocycles. The van der Waals surface area contributed by atoms with E-state index in [1.807, 2.05) is 0 Å². The Morgan fingerprint density at radius 3 is 2.23 bits per heavy atom. The van der Waals surface area contributed by atoms with Gasteiger partial charge in [-0.05, 0) is 33.6 Å². The summed E-state index contributed by atoms with van der Waals surface area (Å²) >= 11 is 0.727. The van der Waals surface area contributed by atoms with Gasteiger partial charge in [0.25, 0.3) is 0 Å². The molecule has 0 fully saturated rings. The molecule has 2 atom stereocenters. The maximum absolute atomic E-state index is 12.4. The summed E-state index contributed by atoms with van der Waals surface area (Å²) in [5.41, 5.74) is -6.62. The van der Waals surface area contributed by atoms with Crippen molar-refractivity contribution in [3.8, 4) is 0 Å². The molecule has 0 amide bonds. The van der Waals surface area contributed by atoms with Crippen molar-refractivity contribution in [3.05, 3.63) is 0 Å². The van der Waals surface area contributed by atoms with Crippen molar-refractivity contribution in [1.29, 1.82) is 0 Å². The molecule has 0 saturated carbocycles. The highest BCUT2D eigenvalue weighted by Crippen LogP contribution is 2.33. The summed E-state index contributed by atoms with van der Waals surface area (Å²) in [7, 11) is -5.53. The number of hydrogen-bond donors (Lipinski definition) is 2. The first-order chi connectivity index (χ1) is 14.0. The van der Waals surface area contributed by atoms with Crippen molar-refractivity contribution >= 4 is 34.0 Å². The first kappa shape index (κ1) is 29.9. The molecule has 0 aliphatic rings. The van der Waals surface area contributed by atoms with Gasteiger partial charge in [-0.25, -0.2) is 18.4 Å². The zero-order chi connectivity index (χ0) is 24.5. The largest absolute Gasteiger partial charge is 0.511 e. The fourth-order valence-corrected chi connectivity index (χ4v) is 3.06. The van der Waals surface area contributed by atoms with Crippen LogP contribution in [0.4, 0.5) is 13.2 Å². The maximum atomic E-state index is 12.4. The van der Waals surface area contributed by atoms with E-state index in [1.165, 1.54) is 18.6 Å². The summed E-state index contributed by atoms with van der Waals surface area (Å²) in [6, 6.07) is 0. The predicted molar refractivity (Wildman–Crippen MR) is 104 cm³/mol. The van der Waals surface area contributed by atoms with Gasteiger partial charge in [0.2, 0.25) is 0 Å². The van der Waals surface area contributed by atoms with Crippen LogP contribution in [0.25, 0.3) is 0 Å². The Bertz CT molecular complexity index is 701. The fraction of sp³-hybridized carbons (Fsp3) is 0.875. The first-order valence-electron chi connectivity index (χ1n) is 9.07. The average molecular weight is 500 g/mol. The molecule has 0 aromatic carbocycles. The topological polar surface area (TPSA) is 137 Å². The molecule has 0 aliphatic carbocycles. The Kier molecular flexibility index (Phi) is 11.8. The van der Waals surface area contributed by atoms with Gasteiger partial charge in [0.05, 0.1) is 16.1 Å². The number of sulfonamides is 1. The van der Waals surface area contributed by atoms with Crippen molar-refractivity contribution in [3.63, 3.8) is 0 Å². The van der Waals surface area contributed by atoms with Crippen LogP contribution in [0, 0.1) is 11.3 Å². The lowest BCUT2D eigenvalue weighted by atomic mass is 9.79. The van der Waals surface area contributed by atoms with Crippen molar-refractivity contribution in [2.24, 2.45) is 11.3 Å². The molecule has 0 radical (unpaired) electrons. The minimum absolute atomic E-state index is 0.0271. The van der Waals surface area contributed by atoms with E-state index in [2.05, 4.69) is 9.37 Å². The zero-order valence-electron chi connectivity index (χ0n) is 17.8. The number of hydrogen-bond acceptors (Lipinski definition) is 10. The molecule has 0 aromatic rings. The van der Waals surface area contributed by atoms with Crippen molar-refractivity contribution < 1.29 is 55.3 Å². The van der Waals surface area contributed by atoms with Crippen LogP contribution in [0.1, 0.15) is 47.5 Å². The van der Waals surface area contributed by atoms with Crippen LogP contribution < -0.4 is 4.72 Å². The van der Waals surface area contributed by atoms with Gasteiger partial charge in [0.15, 0.2) is 0 Å². The van der Waals surface area contributed by atoms with Crippen LogP contribution in [-0.4, -0.2) is 55.6 Å². The summed E-state index contributed by atoms with van der Waals surface area (Å²) in [6.07, 6.45) is 0.278. The third-order valence-corrected chi connectivity index (χ3v) is 6.11. The summed E-state index contributed by atoms with van der Waals surface area (Å²) in [5, 5.41) is 11.7. The van der Waals surface area contributed by atoms with E-state index in [0.717, 1.165) is 12.0 Å². The van der Waals surface area contributed by atoms with E-state index in [4.69, 9.17) is 14.7 Å². The minimum Gasteiger partial charge on any atom is -0.464 e. The molecule has 2 N–H and O–H groups in total. The average Bonchev–Trinajstić information content (AvgIpc) is 2.66. The van der Waals surface area contributed by atoms with Gasteiger partial charge in [-0.2, -0.15) is 13.2 Å². The van der Waals surface area contributed by atoms with Crippen LogP contribution in [0.5, 0.6) is 0 Å². The summed E-state index contributed by atoms with van der Waals surface area (Å²) < 4.78 is 73.5. The molecule has 15 heteroatoms. The maximum Gasteiger partial charge on any atom is 0.511 e. The highest BCUT2D eigenvalue weighted by atomic mass is 32.2. The monoisotopic (exact) mass is 499 g/mol. The summed E-state index contributed by atoms with van der Waals surface area (Å²) in [6.45, 7) is 6.59. The lowest BCUT2D eigenvalue weighted by Crippen LogP contribution is -2.39. The van der Waals surface area contributed by atoms with Gasteiger partial charge >= 0.3 is 27.5 Å². The standard InChI is InChI=1S/C16H28F3NO9S2/c1-6-15(5,13(22)26-8-7-20-31(24,25)16(17,18)19)9-11(2)12(21)27-10-14(3,4)30-29-28-23/h11,20,23H,6-10H2,1-5H3. The van der Waals surface area contributed by atoms with E-state index in [-0.39, 0.29) is 19.4 Å². The van der Waals surface area contributed by atoms with E-state index < -0.39 is 56.7 Å². The zero-order valence-corrected chi connectivity index (χ0v) is 19.4. The lowest BCUT2D eigenvalue weighted by Gasteiger charge is -2.29. The fourth-order valence-electron chi connectivity index (χ4n) is 2.23. The molecular weight excluding hydrogens is 471 g/mol. The van der Waals surface area contributed by atoms with E-state index in [9.17, 15) is 31.2 Å². The Hall–Kier alpha value is -1.13. The highest BCUT2D eigenvalue weighted by Gasteiger charge is 2.45. The van der Waals surface area contributed by atoms with E-state index >= 15 is 0 Å². The quantitative estimate of drug-likeness (QED) is 0.121. The first-order valence-corrected chi connectivity index (χ1v) is 11.3. The van der Waals surface area contributed by atoms with Crippen molar-refractivity contribution in [1.82, 2.24) is 4.72 Å². The Balaban J connectivity index is 4.71. The SMILES string of the molecule is CCC(C)(CC(C)C(=O)OCC(C)(C)SOOO)C(=O)OCCNS(=O)(=O)C(F)(F)F. The number of carbonyl (C=O) groups excluding carboxylic acids is 2. The molecule has 0 rings (SSSR count). The van der Waals surface area contributed by atoms with Gasteiger partial charge in [-0.1, -0.05) is 18.9 Å². The summed E-state index contributed by atoms with van der Waals surface area (Å²) in [4.78, 5) is 24.6. The molecule has 0 aromatic heterocycles. The van der Waals surface area contributed by atoms with Crippen LogP contribution in [-0.2, 0) is 38.5 Å². The number of alkyl halides is 3. The van der Waals surface area contributed by atoms with Gasteiger partial charge in [-0.3, -0.25) is 9.59 Å². The molecular formula is C16H28F3NO9S2. The Labute approximate surface area is 183 Å². The van der Waals surface area contributed by atoms with Gasteiger partial charge < -0.3 is 9.47 Å². The van der Waals surface area contributed by atoms with Crippen LogP contribution in [0.3, 0.4) is 0 Å². The number of carbonyl (C=O) groups is 2. The second-order valence-electron chi connectivity index (χ2n) is 7.59. The number of ether oxygens (including phenoxy) is 2. The summed E-state index contributed by atoms with van der Waals surface area (Å²) in [5.74, 6) is -2.12. The molecule has 31 heavy (non-hydrogen) atoms. The normalized spacial score (nSPS) is 15.8. The molecule has 0 spiro atoms. The molecule has 10 nitrogen and oxygen atoms in total. The van der Waals surface area contributed by atoms with Gasteiger partial charge in [0, 0.05) is 18.6 Å². The number of esters is 2. The Morgan fingerprint density at radius 1 is 1.16 bits per heavy atom. The van der Waals surface area contributed by atoms with Gasteiger partial charge in [-0.15, -0.1) is 4.33 Å². The molecule has 0 heterocycles. The Morgan fingerprint density at radius 2 is 1.74 bits per heavy atom. The minimum atomic E-state index is -5.53. The van der Waals surface area contributed by atoms with Crippen LogP contribution in [0.2, 0.25) is 0 Å². The highest BCUT2D eigenvalue weighted by molar-refractivity contribution is 7.95. The number of rotatable bonds is 14. The second-order valence-corrected chi connectivity index (χ2v) is 10.8. The van der Waals surface area contributed by atoms with Crippen molar-refractivity contribution in [2.45, 2.75) is 57.7 Å². The lowest BCUT2D eigenvalue weighted by molar-refractivity contribution is -0.432. The number of nitrogens with one attached hydrogen (secondary N) is 1.